The van der Waals surface area contributed by atoms with Crippen molar-refractivity contribution in [1.29, 1.82) is 0 Å². The monoisotopic (exact) mass is 407 g/mol. The molecule has 2 saturated heterocycles. The molecule has 1 aromatic rings. The highest BCUT2D eigenvalue weighted by Gasteiger charge is 2.29. The number of benzene rings is 1. The molecule has 0 saturated carbocycles. The maximum Gasteiger partial charge on any atom is 0.237 e. The Morgan fingerprint density at radius 2 is 2.16 bits per heavy atom. The Kier molecular flexibility index (Phi) is 6.77. The standard InChI is InChI=1S/C20H30BrN3O/c1-2-10-23-11-4-3-8-19(23)20(25)22-14-16-9-12-24(15-16)18-7-5-6-17(21)13-18/h5-7,13,16,19H,2-4,8-12,14-15H2,1H3,(H,22,25). The summed E-state index contributed by atoms with van der Waals surface area (Å²) in [5.74, 6) is 0.792. The third kappa shape index (κ3) is 4.98. The SMILES string of the molecule is CCCN1CCCCC1C(=O)NCC1CCN(c2cccc(Br)c2)C1. The van der Waals surface area contributed by atoms with Crippen molar-refractivity contribution in [3.63, 3.8) is 0 Å². The average molecular weight is 408 g/mol. The largest absolute Gasteiger partial charge is 0.371 e. The van der Waals surface area contributed by atoms with E-state index in [9.17, 15) is 4.79 Å². The summed E-state index contributed by atoms with van der Waals surface area (Å²) in [5.41, 5.74) is 1.27. The van der Waals surface area contributed by atoms with Crippen LogP contribution in [0.1, 0.15) is 39.0 Å². The zero-order chi connectivity index (χ0) is 17.6. The van der Waals surface area contributed by atoms with Gasteiger partial charge in [-0.2, -0.15) is 0 Å². The van der Waals surface area contributed by atoms with Gasteiger partial charge in [-0.15, -0.1) is 0 Å². The smallest absolute Gasteiger partial charge is 0.237 e. The van der Waals surface area contributed by atoms with E-state index < -0.39 is 0 Å². The number of nitrogens with one attached hydrogen (secondary N) is 1. The minimum Gasteiger partial charge on any atom is -0.371 e. The van der Waals surface area contributed by atoms with Crippen LogP contribution >= 0.6 is 15.9 Å². The summed E-state index contributed by atoms with van der Waals surface area (Å²) in [4.78, 5) is 17.5. The molecule has 138 valence electrons. The van der Waals surface area contributed by atoms with Gasteiger partial charge in [-0.05, 0) is 62.9 Å². The van der Waals surface area contributed by atoms with Crippen LogP contribution in [0.25, 0.3) is 0 Å². The normalized spacial score (nSPS) is 24.5. The van der Waals surface area contributed by atoms with Gasteiger partial charge >= 0.3 is 0 Å². The van der Waals surface area contributed by atoms with E-state index in [1.54, 1.807) is 0 Å². The highest BCUT2D eigenvalue weighted by atomic mass is 79.9. The summed E-state index contributed by atoms with van der Waals surface area (Å²) in [6, 6.07) is 8.57. The number of carbonyl (C=O) groups is 1. The number of hydrogen-bond acceptors (Lipinski definition) is 3. The van der Waals surface area contributed by atoms with Crippen LogP contribution in [0.5, 0.6) is 0 Å². The van der Waals surface area contributed by atoms with E-state index in [0.29, 0.717) is 5.92 Å². The molecular weight excluding hydrogens is 378 g/mol. The van der Waals surface area contributed by atoms with Crippen LogP contribution in [0, 0.1) is 5.92 Å². The molecule has 2 aliphatic heterocycles. The van der Waals surface area contributed by atoms with Crippen LogP contribution in [-0.4, -0.2) is 49.6 Å². The van der Waals surface area contributed by atoms with Gasteiger partial charge < -0.3 is 10.2 Å². The molecule has 0 bridgehead atoms. The van der Waals surface area contributed by atoms with Crippen molar-refractivity contribution in [2.24, 2.45) is 5.92 Å². The van der Waals surface area contributed by atoms with E-state index in [1.807, 2.05) is 0 Å². The molecule has 2 atom stereocenters. The third-order valence-corrected chi connectivity index (χ3v) is 5.94. The molecule has 2 unspecified atom stereocenters. The van der Waals surface area contributed by atoms with Gasteiger partial charge in [0.2, 0.25) is 5.91 Å². The molecule has 0 spiro atoms. The molecule has 0 aromatic heterocycles. The first-order valence-electron chi connectivity index (χ1n) is 9.69. The molecule has 5 heteroatoms. The van der Waals surface area contributed by atoms with E-state index in [-0.39, 0.29) is 11.9 Å². The Balaban J connectivity index is 1.48. The number of nitrogens with zero attached hydrogens (tertiary/aromatic N) is 2. The zero-order valence-corrected chi connectivity index (χ0v) is 16.8. The van der Waals surface area contributed by atoms with Crippen LogP contribution in [-0.2, 0) is 4.79 Å². The summed E-state index contributed by atoms with van der Waals surface area (Å²) >= 11 is 3.55. The minimum absolute atomic E-state index is 0.0938. The molecule has 3 rings (SSSR count). The van der Waals surface area contributed by atoms with Crippen molar-refractivity contribution in [3.05, 3.63) is 28.7 Å². The van der Waals surface area contributed by atoms with Crippen molar-refractivity contribution in [3.8, 4) is 0 Å². The number of piperidine rings is 1. The van der Waals surface area contributed by atoms with Gasteiger partial charge in [-0.1, -0.05) is 35.3 Å². The first kappa shape index (κ1) is 18.7. The number of likely N-dealkylation sites (tertiary alicyclic amines) is 1. The molecule has 1 amide bonds. The Bertz CT molecular complexity index is 578. The van der Waals surface area contributed by atoms with E-state index in [4.69, 9.17) is 0 Å². The first-order chi connectivity index (χ1) is 12.2. The second-order valence-electron chi connectivity index (χ2n) is 7.37. The van der Waals surface area contributed by atoms with Gasteiger partial charge in [0.15, 0.2) is 0 Å². The van der Waals surface area contributed by atoms with E-state index >= 15 is 0 Å². The molecule has 25 heavy (non-hydrogen) atoms. The number of carbonyl (C=O) groups excluding carboxylic acids is 1. The number of halogens is 1. The maximum absolute atomic E-state index is 12.7. The molecule has 1 aromatic carbocycles. The Morgan fingerprint density at radius 1 is 1.28 bits per heavy atom. The van der Waals surface area contributed by atoms with E-state index in [2.05, 4.69) is 62.2 Å². The molecule has 0 aliphatic carbocycles. The highest BCUT2D eigenvalue weighted by molar-refractivity contribution is 9.10. The van der Waals surface area contributed by atoms with Gasteiger partial charge in [0, 0.05) is 29.8 Å². The predicted molar refractivity (Wildman–Crippen MR) is 107 cm³/mol. The summed E-state index contributed by atoms with van der Waals surface area (Å²) in [6.45, 7) is 7.21. The zero-order valence-electron chi connectivity index (χ0n) is 15.2. The van der Waals surface area contributed by atoms with Gasteiger partial charge in [0.25, 0.3) is 0 Å². The van der Waals surface area contributed by atoms with Crippen molar-refractivity contribution < 1.29 is 4.79 Å². The Labute approximate surface area is 160 Å². The molecule has 1 N–H and O–H groups in total. The topological polar surface area (TPSA) is 35.6 Å². The van der Waals surface area contributed by atoms with E-state index in [1.165, 1.54) is 18.5 Å². The van der Waals surface area contributed by atoms with Gasteiger partial charge in [0.1, 0.15) is 0 Å². The molecule has 4 nitrogen and oxygen atoms in total. The molecule has 2 aliphatic rings. The molecule has 0 radical (unpaired) electrons. The number of amides is 1. The fourth-order valence-corrected chi connectivity index (χ4v) is 4.50. The van der Waals surface area contributed by atoms with Gasteiger partial charge in [0.05, 0.1) is 6.04 Å². The Morgan fingerprint density at radius 3 is 2.96 bits per heavy atom. The molecule has 2 heterocycles. The minimum atomic E-state index is 0.0938. The van der Waals surface area contributed by atoms with Crippen LogP contribution in [0.3, 0.4) is 0 Å². The lowest BCUT2D eigenvalue weighted by Crippen LogP contribution is -2.50. The van der Waals surface area contributed by atoms with Crippen LogP contribution < -0.4 is 10.2 Å². The lowest BCUT2D eigenvalue weighted by molar-refractivity contribution is -0.127. The fraction of sp³-hybridized carbons (Fsp3) is 0.650. The number of hydrogen-bond donors (Lipinski definition) is 1. The summed E-state index contributed by atoms with van der Waals surface area (Å²) in [6.07, 6.45) is 5.69. The van der Waals surface area contributed by atoms with Crippen molar-refractivity contribution in [2.75, 3.05) is 37.6 Å². The third-order valence-electron chi connectivity index (χ3n) is 5.45. The van der Waals surface area contributed by atoms with Crippen molar-refractivity contribution in [2.45, 2.75) is 45.1 Å². The lowest BCUT2D eigenvalue weighted by Gasteiger charge is -2.34. The van der Waals surface area contributed by atoms with Gasteiger partial charge in [-0.3, -0.25) is 9.69 Å². The second kappa shape index (κ2) is 9.04. The number of anilines is 1. The quantitative estimate of drug-likeness (QED) is 0.781. The second-order valence-corrected chi connectivity index (χ2v) is 8.29. The predicted octanol–water partition coefficient (Wildman–Crippen LogP) is 3.66. The molecule has 2 fully saturated rings. The summed E-state index contributed by atoms with van der Waals surface area (Å²) < 4.78 is 1.12. The summed E-state index contributed by atoms with van der Waals surface area (Å²) in [7, 11) is 0. The molecular formula is C20H30BrN3O. The highest BCUT2D eigenvalue weighted by Crippen LogP contribution is 2.26. The average Bonchev–Trinajstić information content (AvgIpc) is 3.09. The van der Waals surface area contributed by atoms with Crippen LogP contribution in [0.2, 0.25) is 0 Å². The van der Waals surface area contributed by atoms with E-state index in [0.717, 1.165) is 56.5 Å². The maximum atomic E-state index is 12.7. The number of rotatable bonds is 6. The lowest BCUT2D eigenvalue weighted by atomic mass is 10.0. The van der Waals surface area contributed by atoms with Crippen LogP contribution in [0.4, 0.5) is 5.69 Å². The fourth-order valence-electron chi connectivity index (χ4n) is 4.11. The van der Waals surface area contributed by atoms with Gasteiger partial charge in [-0.25, -0.2) is 0 Å². The Hall–Kier alpha value is -1.07. The van der Waals surface area contributed by atoms with Crippen molar-refractivity contribution in [1.82, 2.24) is 10.2 Å². The first-order valence-corrected chi connectivity index (χ1v) is 10.5. The van der Waals surface area contributed by atoms with Crippen LogP contribution in [0.15, 0.2) is 28.7 Å². The van der Waals surface area contributed by atoms with Crippen molar-refractivity contribution >= 4 is 27.5 Å². The summed E-state index contributed by atoms with van der Waals surface area (Å²) in [5, 5.41) is 3.25.